The van der Waals surface area contributed by atoms with E-state index < -0.39 is 5.97 Å². The molecule has 0 bridgehead atoms. The highest BCUT2D eigenvalue weighted by Crippen LogP contribution is 2.34. The van der Waals surface area contributed by atoms with Crippen molar-refractivity contribution in [2.45, 2.75) is 32.6 Å². The third kappa shape index (κ3) is 3.87. The number of benzene rings is 1. The zero-order chi connectivity index (χ0) is 18.0. The Morgan fingerprint density at radius 2 is 2.12 bits per heavy atom. The maximum Gasteiger partial charge on any atom is 0.303 e. The predicted molar refractivity (Wildman–Crippen MR) is 91.1 cm³/mol. The lowest BCUT2D eigenvalue weighted by Gasteiger charge is -2.17. The van der Waals surface area contributed by atoms with Gasteiger partial charge in [0.1, 0.15) is 0 Å². The van der Waals surface area contributed by atoms with Crippen molar-refractivity contribution in [3.05, 3.63) is 46.8 Å². The smallest absolute Gasteiger partial charge is 0.303 e. The highest BCUT2D eigenvalue weighted by atomic mass is 16.4. The number of nitrogens with zero attached hydrogens (tertiary/aromatic N) is 3. The van der Waals surface area contributed by atoms with Crippen molar-refractivity contribution in [3.8, 4) is 0 Å². The number of aryl methyl sites for hydroxylation is 2. The monoisotopic (exact) mass is 342 g/mol. The number of aliphatic carboxylic acids is 1. The van der Waals surface area contributed by atoms with E-state index in [1.54, 1.807) is 11.1 Å². The number of aromatic amines is 1. The third-order valence-corrected chi connectivity index (χ3v) is 4.89. The van der Waals surface area contributed by atoms with E-state index in [1.165, 1.54) is 0 Å². The van der Waals surface area contributed by atoms with Crippen LogP contribution >= 0.6 is 0 Å². The Bertz CT molecular complexity index is 773. The van der Waals surface area contributed by atoms with Gasteiger partial charge in [-0.1, -0.05) is 23.8 Å². The SMILES string of the molecule is Cc1ccc(C)c(CC(=O)N2C[C@H](CC(=O)O)[C@H](c3cn[nH]n3)C2)c1. The molecule has 1 saturated heterocycles. The van der Waals surface area contributed by atoms with Gasteiger partial charge in [-0.2, -0.15) is 15.4 Å². The van der Waals surface area contributed by atoms with E-state index in [2.05, 4.69) is 15.4 Å². The summed E-state index contributed by atoms with van der Waals surface area (Å²) in [5.41, 5.74) is 3.95. The molecule has 0 unspecified atom stereocenters. The minimum absolute atomic E-state index is 0.0186. The van der Waals surface area contributed by atoms with Crippen molar-refractivity contribution in [1.82, 2.24) is 20.3 Å². The number of nitrogens with one attached hydrogen (secondary N) is 1. The first kappa shape index (κ1) is 17.1. The van der Waals surface area contributed by atoms with Gasteiger partial charge >= 0.3 is 5.97 Å². The molecule has 0 spiro atoms. The molecule has 132 valence electrons. The van der Waals surface area contributed by atoms with Crippen LogP contribution in [0.5, 0.6) is 0 Å². The fraction of sp³-hybridized carbons (Fsp3) is 0.444. The summed E-state index contributed by atoms with van der Waals surface area (Å²) in [5, 5.41) is 19.6. The van der Waals surface area contributed by atoms with Gasteiger partial charge in [0.05, 0.1) is 24.7 Å². The summed E-state index contributed by atoms with van der Waals surface area (Å²) in [7, 11) is 0. The fourth-order valence-electron chi connectivity index (χ4n) is 3.50. The summed E-state index contributed by atoms with van der Waals surface area (Å²) in [6.07, 6.45) is 1.96. The van der Waals surface area contributed by atoms with Crippen LogP contribution in [0.1, 0.15) is 34.7 Å². The second kappa shape index (κ2) is 7.04. The van der Waals surface area contributed by atoms with Crippen LogP contribution < -0.4 is 0 Å². The number of amides is 1. The molecule has 1 aliphatic rings. The molecule has 2 aromatic rings. The highest BCUT2D eigenvalue weighted by molar-refractivity contribution is 5.80. The van der Waals surface area contributed by atoms with Crippen molar-refractivity contribution >= 4 is 11.9 Å². The number of hydrogen-bond donors (Lipinski definition) is 2. The Morgan fingerprint density at radius 1 is 1.32 bits per heavy atom. The average Bonchev–Trinajstić information content (AvgIpc) is 3.19. The first-order valence-corrected chi connectivity index (χ1v) is 8.35. The van der Waals surface area contributed by atoms with Crippen molar-refractivity contribution in [2.75, 3.05) is 13.1 Å². The van der Waals surface area contributed by atoms with Gasteiger partial charge in [0, 0.05) is 19.0 Å². The molecule has 1 aromatic carbocycles. The number of rotatable bonds is 5. The van der Waals surface area contributed by atoms with Crippen LogP contribution in [0.15, 0.2) is 24.4 Å². The van der Waals surface area contributed by atoms with Gasteiger partial charge in [0.25, 0.3) is 0 Å². The fourth-order valence-corrected chi connectivity index (χ4v) is 3.50. The quantitative estimate of drug-likeness (QED) is 0.861. The molecular formula is C18H22N4O3. The lowest BCUT2D eigenvalue weighted by Crippen LogP contribution is -2.30. The van der Waals surface area contributed by atoms with Crippen molar-refractivity contribution in [1.29, 1.82) is 0 Å². The highest BCUT2D eigenvalue weighted by Gasteiger charge is 2.38. The normalized spacial score (nSPS) is 20.0. The van der Waals surface area contributed by atoms with Crippen LogP contribution in [0.4, 0.5) is 0 Å². The van der Waals surface area contributed by atoms with Crippen LogP contribution in [0.2, 0.25) is 0 Å². The van der Waals surface area contributed by atoms with Gasteiger partial charge in [0.15, 0.2) is 0 Å². The molecule has 0 aliphatic carbocycles. The van der Waals surface area contributed by atoms with E-state index >= 15 is 0 Å². The van der Waals surface area contributed by atoms with Crippen LogP contribution in [0, 0.1) is 19.8 Å². The second-order valence-corrected chi connectivity index (χ2v) is 6.76. The minimum atomic E-state index is -0.859. The molecule has 2 N–H and O–H groups in total. The largest absolute Gasteiger partial charge is 0.481 e. The molecule has 1 aromatic heterocycles. The number of likely N-dealkylation sites (tertiary alicyclic amines) is 1. The summed E-state index contributed by atoms with van der Waals surface area (Å²) >= 11 is 0. The third-order valence-electron chi connectivity index (χ3n) is 4.89. The molecule has 2 atom stereocenters. The van der Waals surface area contributed by atoms with E-state index in [0.29, 0.717) is 25.2 Å². The predicted octanol–water partition coefficient (Wildman–Crippen LogP) is 1.68. The molecular weight excluding hydrogens is 320 g/mol. The molecule has 1 aliphatic heterocycles. The first-order valence-electron chi connectivity index (χ1n) is 8.35. The number of H-pyrrole nitrogens is 1. The van der Waals surface area contributed by atoms with E-state index in [9.17, 15) is 9.59 Å². The van der Waals surface area contributed by atoms with E-state index in [1.807, 2.05) is 32.0 Å². The maximum absolute atomic E-state index is 12.8. The van der Waals surface area contributed by atoms with Crippen LogP contribution in [0.3, 0.4) is 0 Å². The second-order valence-electron chi connectivity index (χ2n) is 6.76. The molecule has 7 heteroatoms. The Kier molecular flexibility index (Phi) is 4.83. The van der Waals surface area contributed by atoms with E-state index in [4.69, 9.17) is 5.11 Å². The molecule has 2 heterocycles. The summed E-state index contributed by atoms with van der Waals surface area (Å²) in [6, 6.07) is 6.09. The number of carboxylic acid groups (broad SMARTS) is 1. The molecule has 0 radical (unpaired) electrons. The molecule has 25 heavy (non-hydrogen) atoms. The van der Waals surface area contributed by atoms with Gasteiger partial charge in [-0.15, -0.1) is 0 Å². The van der Waals surface area contributed by atoms with Crippen LogP contribution in [0.25, 0.3) is 0 Å². The summed E-state index contributed by atoms with van der Waals surface area (Å²) in [4.78, 5) is 25.7. The van der Waals surface area contributed by atoms with Crippen LogP contribution in [-0.4, -0.2) is 50.4 Å². The molecule has 1 fully saturated rings. The zero-order valence-electron chi connectivity index (χ0n) is 14.4. The summed E-state index contributed by atoms with van der Waals surface area (Å²) in [6.45, 7) is 4.92. The standard InChI is InChI=1S/C18H22N4O3/c1-11-3-4-12(2)13(5-11)6-17(23)22-9-14(7-18(24)25)15(10-22)16-8-19-21-20-16/h3-5,8,14-15H,6-7,9-10H2,1-2H3,(H,24,25)(H,19,20,21)/t14-,15+/m0/s1. The van der Waals surface area contributed by atoms with Crippen molar-refractivity contribution < 1.29 is 14.7 Å². The summed E-state index contributed by atoms with van der Waals surface area (Å²) in [5.74, 6) is -1.08. The molecule has 0 saturated carbocycles. The maximum atomic E-state index is 12.8. The Labute approximate surface area is 146 Å². The zero-order valence-corrected chi connectivity index (χ0v) is 14.4. The lowest BCUT2D eigenvalue weighted by atomic mass is 9.91. The number of aromatic nitrogens is 3. The first-order chi connectivity index (χ1) is 11.9. The van der Waals surface area contributed by atoms with Gasteiger partial charge in [-0.3, -0.25) is 9.59 Å². The molecule has 7 nitrogen and oxygen atoms in total. The Morgan fingerprint density at radius 3 is 2.80 bits per heavy atom. The lowest BCUT2D eigenvalue weighted by molar-refractivity contribution is -0.138. The molecule has 1 amide bonds. The Hall–Kier alpha value is -2.70. The Balaban J connectivity index is 1.75. The van der Waals surface area contributed by atoms with Crippen LogP contribution in [-0.2, 0) is 16.0 Å². The van der Waals surface area contributed by atoms with Gasteiger partial charge in [0.2, 0.25) is 5.91 Å². The average molecular weight is 342 g/mol. The topological polar surface area (TPSA) is 99.2 Å². The number of carbonyl (C=O) groups is 2. The van der Waals surface area contributed by atoms with Gasteiger partial charge in [-0.05, 0) is 30.9 Å². The number of carbonyl (C=O) groups excluding carboxylic acids is 1. The molecule has 3 rings (SSSR count). The van der Waals surface area contributed by atoms with Gasteiger partial charge < -0.3 is 10.0 Å². The minimum Gasteiger partial charge on any atom is -0.481 e. The van der Waals surface area contributed by atoms with Gasteiger partial charge in [-0.25, -0.2) is 0 Å². The van der Waals surface area contributed by atoms with Crippen molar-refractivity contribution in [2.24, 2.45) is 5.92 Å². The van der Waals surface area contributed by atoms with Crippen molar-refractivity contribution in [3.63, 3.8) is 0 Å². The van der Waals surface area contributed by atoms with E-state index in [-0.39, 0.29) is 24.2 Å². The number of carboxylic acids is 1. The summed E-state index contributed by atoms with van der Waals surface area (Å²) < 4.78 is 0. The number of hydrogen-bond acceptors (Lipinski definition) is 4. The van der Waals surface area contributed by atoms with E-state index in [0.717, 1.165) is 16.7 Å².